The molecule has 4 nitrogen and oxygen atoms in total. The standard InChI is InChI=1S/C11H14N2O2S2/c1-5-8-6(2)9(17-11(8)16-4)10(15)13-12-7(3)14/h5H,1H2,2-4H3,(H,12,14)(H,13,15). The van der Waals surface area contributed by atoms with Crippen molar-refractivity contribution in [1.82, 2.24) is 10.9 Å². The van der Waals surface area contributed by atoms with Crippen molar-refractivity contribution in [2.75, 3.05) is 6.26 Å². The molecule has 0 unspecified atom stereocenters. The molecule has 0 aliphatic rings. The lowest BCUT2D eigenvalue weighted by Gasteiger charge is -2.03. The predicted octanol–water partition coefficient (Wildman–Crippen LogP) is 2.20. The topological polar surface area (TPSA) is 58.2 Å². The molecule has 0 aromatic carbocycles. The minimum Gasteiger partial charge on any atom is -0.274 e. The monoisotopic (exact) mass is 270 g/mol. The third-order valence-corrected chi connectivity index (χ3v) is 4.55. The molecule has 92 valence electrons. The highest BCUT2D eigenvalue weighted by Crippen LogP contribution is 2.35. The quantitative estimate of drug-likeness (QED) is 0.654. The first-order chi connectivity index (χ1) is 8.01. The van der Waals surface area contributed by atoms with Crippen molar-refractivity contribution in [3.05, 3.63) is 22.6 Å². The Labute approximate surface area is 108 Å². The van der Waals surface area contributed by atoms with Gasteiger partial charge in [-0.1, -0.05) is 12.7 Å². The van der Waals surface area contributed by atoms with Gasteiger partial charge in [-0.15, -0.1) is 23.1 Å². The molecule has 1 rings (SSSR count). The van der Waals surface area contributed by atoms with Gasteiger partial charge < -0.3 is 0 Å². The molecule has 2 N–H and O–H groups in total. The van der Waals surface area contributed by atoms with Crippen molar-refractivity contribution in [3.8, 4) is 0 Å². The molecule has 1 heterocycles. The summed E-state index contributed by atoms with van der Waals surface area (Å²) in [6.45, 7) is 6.95. The Hall–Kier alpha value is -1.27. The van der Waals surface area contributed by atoms with Crippen molar-refractivity contribution in [2.45, 2.75) is 18.1 Å². The van der Waals surface area contributed by atoms with Gasteiger partial charge in [0.15, 0.2) is 0 Å². The molecule has 0 aliphatic heterocycles. The van der Waals surface area contributed by atoms with Crippen LogP contribution in [0.2, 0.25) is 0 Å². The van der Waals surface area contributed by atoms with E-state index in [1.165, 1.54) is 18.3 Å². The van der Waals surface area contributed by atoms with E-state index in [0.29, 0.717) is 4.88 Å². The Kier molecular flexibility index (Phi) is 4.77. The molecule has 0 aliphatic carbocycles. The van der Waals surface area contributed by atoms with E-state index >= 15 is 0 Å². The molecule has 0 atom stereocenters. The average molecular weight is 270 g/mol. The Morgan fingerprint density at radius 3 is 2.47 bits per heavy atom. The van der Waals surface area contributed by atoms with Crippen LogP contribution >= 0.6 is 23.1 Å². The molecule has 0 saturated heterocycles. The number of thioether (sulfide) groups is 1. The summed E-state index contributed by atoms with van der Waals surface area (Å²) in [7, 11) is 0. The Morgan fingerprint density at radius 2 is 2.06 bits per heavy atom. The van der Waals surface area contributed by atoms with E-state index in [1.807, 2.05) is 13.2 Å². The summed E-state index contributed by atoms with van der Waals surface area (Å²) in [5, 5.41) is 0. The van der Waals surface area contributed by atoms with Crippen molar-refractivity contribution < 1.29 is 9.59 Å². The Morgan fingerprint density at radius 1 is 1.41 bits per heavy atom. The maximum Gasteiger partial charge on any atom is 0.280 e. The largest absolute Gasteiger partial charge is 0.280 e. The summed E-state index contributed by atoms with van der Waals surface area (Å²) in [6.07, 6.45) is 3.70. The fourth-order valence-electron chi connectivity index (χ4n) is 1.31. The van der Waals surface area contributed by atoms with Crippen molar-refractivity contribution >= 4 is 41.0 Å². The van der Waals surface area contributed by atoms with E-state index in [4.69, 9.17) is 0 Å². The minimum atomic E-state index is -0.304. The first-order valence-corrected chi connectivity index (χ1v) is 6.92. The van der Waals surface area contributed by atoms with Crippen molar-refractivity contribution in [3.63, 3.8) is 0 Å². The van der Waals surface area contributed by atoms with E-state index in [9.17, 15) is 9.59 Å². The number of rotatable bonds is 3. The second-order valence-corrected chi connectivity index (χ2v) is 5.40. The number of hydrogen-bond acceptors (Lipinski definition) is 4. The molecule has 17 heavy (non-hydrogen) atoms. The van der Waals surface area contributed by atoms with E-state index < -0.39 is 0 Å². The molecular formula is C11H14N2O2S2. The number of hydrogen-bond donors (Lipinski definition) is 2. The fraction of sp³-hybridized carbons (Fsp3) is 0.273. The van der Waals surface area contributed by atoms with Gasteiger partial charge >= 0.3 is 0 Å². The third-order valence-electron chi connectivity index (χ3n) is 2.11. The number of carbonyl (C=O) groups is 2. The van der Waals surface area contributed by atoms with E-state index in [1.54, 1.807) is 17.8 Å². The zero-order chi connectivity index (χ0) is 13.0. The molecule has 6 heteroatoms. The number of thiophene rings is 1. The second kappa shape index (κ2) is 5.88. The number of amides is 2. The van der Waals surface area contributed by atoms with Gasteiger partial charge in [-0.3, -0.25) is 20.4 Å². The van der Waals surface area contributed by atoms with Crippen molar-refractivity contribution in [1.29, 1.82) is 0 Å². The number of carbonyl (C=O) groups excluding carboxylic acids is 2. The molecule has 1 aromatic rings. The Balaban J connectivity index is 2.98. The number of hydrazine groups is 1. The van der Waals surface area contributed by atoms with Crippen LogP contribution in [0.1, 0.15) is 27.7 Å². The molecule has 2 amide bonds. The van der Waals surface area contributed by atoms with Crippen LogP contribution in [0, 0.1) is 6.92 Å². The Bertz CT molecular complexity index is 466. The highest BCUT2D eigenvalue weighted by molar-refractivity contribution is 8.00. The fourth-order valence-corrected chi connectivity index (χ4v) is 3.28. The second-order valence-electron chi connectivity index (χ2n) is 3.30. The summed E-state index contributed by atoms with van der Waals surface area (Å²) in [4.78, 5) is 23.1. The molecule has 1 aromatic heterocycles. The van der Waals surface area contributed by atoms with Gasteiger partial charge in [0.25, 0.3) is 5.91 Å². The van der Waals surface area contributed by atoms with Crippen molar-refractivity contribution in [2.24, 2.45) is 0 Å². The van der Waals surface area contributed by atoms with Crippen LogP contribution in [0.3, 0.4) is 0 Å². The van der Waals surface area contributed by atoms with Gasteiger partial charge in [-0.25, -0.2) is 0 Å². The third kappa shape index (κ3) is 3.10. The van der Waals surface area contributed by atoms with Crippen LogP contribution < -0.4 is 10.9 Å². The lowest BCUT2D eigenvalue weighted by Crippen LogP contribution is -2.40. The summed E-state index contributed by atoms with van der Waals surface area (Å²) >= 11 is 2.98. The zero-order valence-corrected chi connectivity index (χ0v) is 11.6. The lowest BCUT2D eigenvalue weighted by atomic mass is 10.1. The van der Waals surface area contributed by atoms with Crippen LogP contribution in [-0.2, 0) is 4.79 Å². The number of nitrogens with one attached hydrogen (secondary N) is 2. The van der Waals surface area contributed by atoms with Crippen LogP contribution in [-0.4, -0.2) is 18.1 Å². The van der Waals surface area contributed by atoms with Gasteiger partial charge in [0, 0.05) is 12.5 Å². The van der Waals surface area contributed by atoms with E-state index in [0.717, 1.165) is 15.3 Å². The molecular weight excluding hydrogens is 256 g/mol. The smallest absolute Gasteiger partial charge is 0.274 e. The lowest BCUT2D eigenvalue weighted by molar-refractivity contribution is -0.119. The molecule has 0 bridgehead atoms. The highest BCUT2D eigenvalue weighted by Gasteiger charge is 2.17. The highest BCUT2D eigenvalue weighted by atomic mass is 32.2. The summed E-state index contributed by atoms with van der Waals surface area (Å²) < 4.78 is 1.05. The molecule has 0 radical (unpaired) electrons. The van der Waals surface area contributed by atoms with Gasteiger partial charge in [-0.2, -0.15) is 0 Å². The maximum atomic E-state index is 11.8. The maximum absolute atomic E-state index is 11.8. The first-order valence-electron chi connectivity index (χ1n) is 4.88. The minimum absolute atomic E-state index is 0.300. The van der Waals surface area contributed by atoms with Crippen LogP contribution in [0.25, 0.3) is 6.08 Å². The first kappa shape index (κ1) is 13.8. The normalized spacial score (nSPS) is 9.82. The van der Waals surface area contributed by atoms with Crippen LogP contribution in [0.4, 0.5) is 0 Å². The van der Waals surface area contributed by atoms with Gasteiger partial charge in [0.2, 0.25) is 5.91 Å². The summed E-state index contributed by atoms with van der Waals surface area (Å²) in [5.74, 6) is -0.604. The van der Waals surface area contributed by atoms with E-state index in [-0.39, 0.29) is 11.8 Å². The molecule has 0 saturated carbocycles. The average Bonchev–Trinajstić information content (AvgIpc) is 2.62. The summed E-state index contributed by atoms with van der Waals surface area (Å²) in [5.41, 5.74) is 6.50. The van der Waals surface area contributed by atoms with Crippen LogP contribution in [0.15, 0.2) is 10.8 Å². The zero-order valence-electron chi connectivity index (χ0n) is 9.92. The van der Waals surface area contributed by atoms with Gasteiger partial charge in [0.1, 0.15) is 0 Å². The summed E-state index contributed by atoms with van der Waals surface area (Å²) in [6, 6.07) is 0. The molecule has 0 spiro atoms. The molecule has 0 fully saturated rings. The van der Waals surface area contributed by atoms with E-state index in [2.05, 4.69) is 17.4 Å². The van der Waals surface area contributed by atoms with Gasteiger partial charge in [0.05, 0.1) is 9.09 Å². The SMILES string of the molecule is C=Cc1c(SC)sc(C(=O)NNC(C)=O)c1C. The van der Waals surface area contributed by atoms with Gasteiger partial charge in [-0.05, 0) is 18.7 Å². The van der Waals surface area contributed by atoms with Crippen LogP contribution in [0.5, 0.6) is 0 Å². The predicted molar refractivity (Wildman–Crippen MR) is 72.2 cm³/mol.